The number of hydrogen-bond donors (Lipinski definition) is 3. The summed E-state index contributed by atoms with van der Waals surface area (Å²) in [5.41, 5.74) is 0. The summed E-state index contributed by atoms with van der Waals surface area (Å²) in [4.78, 5) is 0. The molecule has 1 fully saturated rings. The maximum atomic E-state index is 9.03. The Morgan fingerprint density at radius 2 is 2.00 bits per heavy atom. The first-order chi connectivity index (χ1) is 4.72. The zero-order valence-electron chi connectivity index (χ0n) is 5.60. The molecule has 0 unspecified atom stereocenters. The van der Waals surface area contributed by atoms with Crippen LogP contribution in [0.15, 0.2) is 0 Å². The highest BCUT2D eigenvalue weighted by Crippen LogP contribution is 2.17. The van der Waals surface area contributed by atoms with Crippen molar-refractivity contribution in [1.29, 1.82) is 0 Å². The SMILES string of the molecule is OC[C@@H]1C[C@H](O)C[C@H](O)O1. The summed E-state index contributed by atoms with van der Waals surface area (Å²) in [7, 11) is 0. The van der Waals surface area contributed by atoms with Gasteiger partial charge in [0.15, 0.2) is 6.29 Å². The van der Waals surface area contributed by atoms with E-state index in [4.69, 9.17) is 20.1 Å². The van der Waals surface area contributed by atoms with Crippen molar-refractivity contribution in [3.05, 3.63) is 0 Å². The fraction of sp³-hybridized carbons (Fsp3) is 1.00. The molecule has 0 aliphatic carbocycles. The van der Waals surface area contributed by atoms with E-state index in [2.05, 4.69) is 0 Å². The first kappa shape index (κ1) is 7.94. The van der Waals surface area contributed by atoms with Crippen molar-refractivity contribution in [3.63, 3.8) is 0 Å². The van der Waals surface area contributed by atoms with E-state index >= 15 is 0 Å². The Labute approximate surface area is 59.1 Å². The smallest absolute Gasteiger partial charge is 0.157 e. The Morgan fingerprint density at radius 3 is 2.50 bits per heavy atom. The van der Waals surface area contributed by atoms with E-state index in [1.165, 1.54) is 0 Å². The molecule has 4 heteroatoms. The second-order valence-electron chi connectivity index (χ2n) is 2.52. The van der Waals surface area contributed by atoms with Crippen LogP contribution < -0.4 is 0 Å². The summed E-state index contributed by atoms with van der Waals surface area (Å²) in [5.74, 6) is 0. The largest absolute Gasteiger partial charge is 0.394 e. The molecule has 0 spiro atoms. The lowest BCUT2D eigenvalue weighted by Crippen LogP contribution is -2.37. The molecule has 1 heterocycles. The minimum absolute atomic E-state index is 0.145. The quantitative estimate of drug-likeness (QED) is 0.438. The van der Waals surface area contributed by atoms with Gasteiger partial charge in [-0.1, -0.05) is 0 Å². The third kappa shape index (κ3) is 1.91. The standard InChI is InChI=1S/C6H12O4/c7-3-5-1-4(8)2-6(9)10-5/h4-9H,1-3H2/t4-,5-,6+/m0/s1. The number of aliphatic hydroxyl groups excluding tert-OH is 3. The summed E-state index contributed by atoms with van der Waals surface area (Å²) >= 11 is 0. The second kappa shape index (κ2) is 3.30. The Kier molecular flexibility index (Phi) is 2.62. The lowest BCUT2D eigenvalue weighted by molar-refractivity contribution is -0.197. The number of ether oxygens (including phenoxy) is 1. The van der Waals surface area contributed by atoms with E-state index in [1.54, 1.807) is 0 Å². The molecular formula is C6H12O4. The molecule has 3 N–H and O–H groups in total. The summed E-state index contributed by atoms with van der Waals surface area (Å²) < 4.78 is 4.85. The molecule has 0 aromatic heterocycles. The molecule has 1 rings (SSSR count). The normalized spacial score (nSPS) is 41.7. The van der Waals surface area contributed by atoms with Crippen LogP contribution in [0.4, 0.5) is 0 Å². The molecule has 3 atom stereocenters. The molecule has 60 valence electrons. The highest BCUT2D eigenvalue weighted by Gasteiger charge is 2.25. The van der Waals surface area contributed by atoms with Gasteiger partial charge in [-0.2, -0.15) is 0 Å². The molecule has 1 aliphatic rings. The molecule has 1 aliphatic heterocycles. The first-order valence-electron chi connectivity index (χ1n) is 3.35. The summed E-state index contributed by atoms with van der Waals surface area (Å²) in [6.07, 6.45) is -1.20. The third-order valence-electron chi connectivity index (χ3n) is 1.56. The van der Waals surface area contributed by atoms with Crippen LogP contribution >= 0.6 is 0 Å². The lowest BCUT2D eigenvalue weighted by atomic mass is 10.1. The molecule has 0 saturated carbocycles. The van der Waals surface area contributed by atoms with Gasteiger partial charge in [0.1, 0.15) is 0 Å². The Bertz CT molecular complexity index is 95.9. The molecule has 10 heavy (non-hydrogen) atoms. The van der Waals surface area contributed by atoms with Gasteiger partial charge in [-0.25, -0.2) is 0 Å². The van der Waals surface area contributed by atoms with Gasteiger partial charge in [0, 0.05) is 12.8 Å². The van der Waals surface area contributed by atoms with Crippen LogP contribution in [0.1, 0.15) is 12.8 Å². The predicted molar refractivity (Wildman–Crippen MR) is 33.2 cm³/mol. The highest BCUT2D eigenvalue weighted by atomic mass is 16.6. The highest BCUT2D eigenvalue weighted by molar-refractivity contribution is 4.71. The van der Waals surface area contributed by atoms with Gasteiger partial charge in [0.25, 0.3) is 0 Å². The maximum Gasteiger partial charge on any atom is 0.157 e. The minimum atomic E-state index is -0.916. The van der Waals surface area contributed by atoms with Gasteiger partial charge in [-0.15, -0.1) is 0 Å². The molecule has 0 bridgehead atoms. The average Bonchev–Trinajstić information content (AvgIpc) is 1.85. The Morgan fingerprint density at radius 1 is 1.30 bits per heavy atom. The Balaban J connectivity index is 2.35. The van der Waals surface area contributed by atoms with Gasteiger partial charge in [-0.3, -0.25) is 0 Å². The molecule has 1 saturated heterocycles. The summed E-state index contributed by atoms with van der Waals surface area (Å²) in [6, 6.07) is 0. The number of hydrogen-bond acceptors (Lipinski definition) is 4. The van der Waals surface area contributed by atoms with Crippen LogP contribution in [-0.2, 0) is 4.74 Å². The van der Waals surface area contributed by atoms with E-state index in [0.29, 0.717) is 6.42 Å². The zero-order valence-corrected chi connectivity index (χ0v) is 5.60. The van der Waals surface area contributed by atoms with Crippen molar-refractivity contribution < 1.29 is 20.1 Å². The molecule has 0 aromatic rings. The van der Waals surface area contributed by atoms with Crippen LogP contribution in [0.3, 0.4) is 0 Å². The van der Waals surface area contributed by atoms with Crippen LogP contribution in [0, 0.1) is 0 Å². The van der Waals surface area contributed by atoms with E-state index in [-0.39, 0.29) is 13.0 Å². The lowest BCUT2D eigenvalue weighted by Gasteiger charge is -2.28. The fourth-order valence-electron chi connectivity index (χ4n) is 1.08. The van der Waals surface area contributed by atoms with E-state index in [0.717, 1.165) is 0 Å². The monoisotopic (exact) mass is 148 g/mol. The Hall–Kier alpha value is -0.160. The third-order valence-corrected chi connectivity index (χ3v) is 1.56. The average molecular weight is 148 g/mol. The first-order valence-corrected chi connectivity index (χ1v) is 3.35. The van der Waals surface area contributed by atoms with Crippen LogP contribution in [0.5, 0.6) is 0 Å². The van der Waals surface area contributed by atoms with E-state index in [9.17, 15) is 0 Å². The van der Waals surface area contributed by atoms with Crippen LogP contribution in [-0.4, -0.2) is 40.4 Å². The van der Waals surface area contributed by atoms with Crippen molar-refractivity contribution in [2.75, 3.05) is 6.61 Å². The molecule has 0 amide bonds. The minimum Gasteiger partial charge on any atom is -0.394 e. The van der Waals surface area contributed by atoms with Crippen molar-refractivity contribution in [3.8, 4) is 0 Å². The van der Waals surface area contributed by atoms with E-state index in [1.807, 2.05) is 0 Å². The topological polar surface area (TPSA) is 69.9 Å². The van der Waals surface area contributed by atoms with Crippen molar-refractivity contribution in [2.45, 2.75) is 31.3 Å². The van der Waals surface area contributed by atoms with Crippen LogP contribution in [0.2, 0.25) is 0 Å². The summed E-state index contributed by atoms with van der Waals surface area (Å²) in [6.45, 7) is -0.145. The van der Waals surface area contributed by atoms with Crippen LogP contribution in [0.25, 0.3) is 0 Å². The second-order valence-corrected chi connectivity index (χ2v) is 2.52. The maximum absolute atomic E-state index is 9.03. The number of rotatable bonds is 1. The molecule has 0 aromatic carbocycles. The fourth-order valence-corrected chi connectivity index (χ4v) is 1.08. The van der Waals surface area contributed by atoms with Crippen molar-refractivity contribution in [1.82, 2.24) is 0 Å². The molecule has 4 nitrogen and oxygen atoms in total. The zero-order chi connectivity index (χ0) is 7.56. The van der Waals surface area contributed by atoms with Gasteiger partial charge in [0.05, 0.1) is 18.8 Å². The van der Waals surface area contributed by atoms with E-state index < -0.39 is 18.5 Å². The summed E-state index contributed by atoms with van der Waals surface area (Å²) in [5, 5.41) is 26.5. The van der Waals surface area contributed by atoms with Gasteiger partial charge < -0.3 is 20.1 Å². The van der Waals surface area contributed by atoms with Gasteiger partial charge >= 0.3 is 0 Å². The molecular weight excluding hydrogens is 136 g/mol. The number of aliphatic hydroxyl groups is 3. The van der Waals surface area contributed by atoms with Crippen molar-refractivity contribution in [2.24, 2.45) is 0 Å². The van der Waals surface area contributed by atoms with Gasteiger partial charge in [-0.05, 0) is 0 Å². The molecule has 0 radical (unpaired) electrons. The van der Waals surface area contributed by atoms with Gasteiger partial charge in [0.2, 0.25) is 0 Å². The predicted octanol–water partition coefficient (Wildman–Crippen LogP) is -1.16. The van der Waals surface area contributed by atoms with Crippen molar-refractivity contribution >= 4 is 0 Å².